The van der Waals surface area contributed by atoms with Gasteiger partial charge in [0.25, 0.3) is 0 Å². The number of hydrogen-bond donors (Lipinski definition) is 0. The van der Waals surface area contributed by atoms with Gasteiger partial charge in [-0.25, -0.2) is 0 Å². The van der Waals surface area contributed by atoms with Crippen LogP contribution in [0.5, 0.6) is 0 Å². The molecule has 40 valence electrons. The van der Waals surface area contributed by atoms with Crippen LogP contribution in [0, 0.1) is 0 Å². The van der Waals surface area contributed by atoms with Crippen molar-refractivity contribution in [3.63, 3.8) is 0 Å². The molecule has 0 spiro atoms. The van der Waals surface area contributed by atoms with E-state index in [9.17, 15) is 0 Å². The Morgan fingerprint density at radius 1 is 1.11 bits per heavy atom. The Labute approximate surface area is 128 Å². The summed E-state index contributed by atoms with van der Waals surface area (Å²) in [7, 11) is -5.17. The van der Waals surface area contributed by atoms with Crippen LogP contribution >= 0.6 is 0 Å². The summed E-state index contributed by atoms with van der Waals surface area (Å²) in [6.07, 6.45) is 0. The number of halogens is 1. The third kappa shape index (κ3) is 93.0. The summed E-state index contributed by atoms with van der Waals surface area (Å²) in [6.45, 7) is 0. The van der Waals surface area contributed by atoms with Gasteiger partial charge in [0.15, 0.2) is 0 Å². The van der Waals surface area contributed by atoms with E-state index in [0.717, 1.165) is 0 Å². The van der Waals surface area contributed by atoms with Crippen LogP contribution in [0.3, 0.4) is 0 Å². The molecule has 9 heavy (non-hydrogen) atoms. The molecule has 4 nitrogen and oxygen atoms in total. The van der Waals surface area contributed by atoms with Crippen molar-refractivity contribution >= 4 is 71.2 Å². The van der Waals surface area contributed by atoms with Crippen LogP contribution in [0.2, 0.25) is 0 Å². The number of rotatable bonds is 0. The fraction of sp³-hybridized carbons (Fsp3) is 0. The smallest absolute Gasteiger partial charge is 1.00 e. The van der Waals surface area contributed by atoms with Crippen LogP contribution in [0.15, 0.2) is 0 Å². The molecule has 0 aromatic rings. The minimum atomic E-state index is -5.17. The normalized spacial score (nSPS) is 6.44. The van der Waals surface area contributed by atoms with Crippen molar-refractivity contribution in [1.29, 1.82) is 0 Å². The Morgan fingerprint density at radius 2 is 1.11 bits per heavy atom. The van der Waals surface area contributed by atoms with Gasteiger partial charge in [0.1, 0.15) is 0 Å². The zero-order valence-corrected chi connectivity index (χ0v) is 12.0. The van der Waals surface area contributed by atoms with E-state index >= 15 is 0 Å². The summed E-state index contributed by atoms with van der Waals surface area (Å²) in [4.78, 5) is 0. The van der Waals surface area contributed by atoms with E-state index in [1.807, 2.05) is 0 Å². The Morgan fingerprint density at radius 3 is 1.11 bits per heavy atom. The summed E-state index contributed by atoms with van der Waals surface area (Å²) in [5.74, 6) is 0. The predicted octanol–water partition coefficient (Wildman–Crippen LogP) is -8.09. The van der Waals surface area contributed by atoms with Gasteiger partial charge in [-0.3, -0.25) is 8.42 Å². The predicted molar refractivity (Wildman–Crippen MR) is 22.0 cm³/mol. The van der Waals surface area contributed by atoms with Crippen molar-refractivity contribution in [1.82, 2.24) is 0 Å². The minimum absolute atomic E-state index is 0. The fourth-order valence-corrected chi connectivity index (χ4v) is 0. The molecule has 0 unspecified atom stereocenters. The van der Waals surface area contributed by atoms with Crippen molar-refractivity contribution in [2.45, 2.75) is 0 Å². The Kier molecular flexibility index (Phi) is 45.1. The minimum Gasteiger partial charge on any atom is -1.00 e. The quantitative estimate of drug-likeness (QED) is 0.230. The molecule has 0 atom stereocenters. The van der Waals surface area contributed by atoms with Gasteiger partial charge < -0.3 is 21.5 Å². The molecule has 9 heteroatoms. The molecule has 0 amide bonds. The average molecular weight is 219 g/mol. The van der Waals surface area contributed by atoms with Gasteiger partial charge in [0, 0.05) is 10.4 Å². The summed E-state index contributed by atoms with van der Waals surface area (Å²) < 4.78 is 34.1. The molecule has 0 aromatic carbocycles. The molecule has 0 bridgehead atoms. The van der Waals surface area contributed by atoms with Crippen LogP contribution in [0.25, 0.3) is 0 Å². The first kappa shape index (κ1) is 29.5. The van der Waals surface area contributed by atoms with E-state index < -0.39 is 10.4 Å². The van der Waals surface area contributed by atoms with Crippen molar-refractivity contribution in [3.05, 3.63) is 0 Å². The van der Waals surface area contributed by atoms with E-state index in [2.05, 4.69) is 0 Å². The maximum absolute atomic E-state index is 8.52. The summed E-state index contributed by atoms with van der Waals surface area (Å²) >= 11 is 0. The second-order valence-electron chi connectivity index (χ2n) is 0.408. The van der Waals surface area contributed by atoms with Gasteiger partial charge >= 0.3 is 90.3 Å². The molecule has 0 aliphatic rings. The molecule has 0 heterocycles. The largest absolute Gasteiger partial charge is 2.00 e. The van der Waals surface area contributed by atoms with Crippen LogP contribution in [0.4, 0.5) is 0 Å². The second-order valence-corrected chi connectivity index (χ2v) is 1.22. The molecule has 0 aliphatic carbocycles. The zero-order valence-electron chi connectivity index (χ0n) is 4.83. The van der Waals surface area contributed by atoms with Gasteiger partial charge in [0.05, 0.1) is 0 Å². The van der Waals surface area contributed by atoms with Gasteiger partial charge in [-0.1, -0.05) is 0 Å². The van der Waals surface area contributed by atoms with Crippen molar-refractivity contribution in [3.8, 4) is 0 Å². The molecule has 0 N–H and O–H groups in total. The van der Waals surface area contributed by atoms with Gasteiger partial charge in [-0.15, -0.1) is 0 Å². The molecule has 0 aromatic heterocycles. The summed E-state index contributed by atoms with van der Waals surface area (Å²) in [6, 6.07) is 0. The first-order chi connectivity index (χ1) is 2.00. The first-order valence-corrected chi connectivity index (χ1v) is 2.00. The van der Waals surface area contributed by atoms with E-state index in [-0.39, 0.29) is 103 Å². The van der Waals surface area contributed by atoms with Crippen LogP contribution < -0.4 is 42.0 Å². The average Bonchev–Trinajstić information content (AvgIpc) is 0.722. The van der Waals surface area contributed by atoms with E-state index in [0.29, 0.717) is 0 Å². The summed E-state index contributed by atoms with van der Waals surface area (Å²) in [5.41, 5.74) is 0. The maximum atomic E-state index is 8.52. The van der Waals surface area contributed by atoms with Crippen LogP contribution in [-0.4, -0.2) is 78.3 Å². The molecular formula is CaClMgNaO4S+2. The first-order valence-electron chi connectivity index (χ1n) is 0.667. The van der Waals surface area contributed by atoms with Crippen molar-refractivity contribution < 1.29 is 59.5 Å². The number of hydrogen-bond acceptors (Lipinski definition) is 4. The maximum Gasteiger partial charge on any atom is 2.00 e. The van der Waals surface area contributed by atoms with E-state index in [1.165, 1.54) is 0 Å². The van der Waals surface area contributed by atoms with Crippen molar-refractivity contribution in [2.24, 2.45) is 0 Å². The van der Waals surface area contributed by atoms with E-state index in [1.54, 1.807) is 0 Å². The Hall–Kier alpha value is 3.19. The van der Waals surface area contributed by atoms with Gasteiger partial charge in [0.2, 0.25) is 0 Å². The van der Waals surface area contributed by atoms with Crippen molar-refractivity contribution in [2.75, 3.05) is 0 Å². The second kappa shape index (κ2) is 13.8. The van der Waals surface area contributed by atoms with Crippen LogP contribution in [-0.2, 0) is 10.4 Å². The third-order valence-electron chi connectivity index (χ3n) is 0. The molecule has 0 fully saturated rings. The molecule has 0 saturated heterocycles. The topological polar surface area (TPSA) is 80.3 Å². The molecule has 0 aliphatic heterocycles. The Balaban J connectivity index is -0.0000000133. The molecule has 0 radical (unpaired) electrons. The summed E-state index contributed by atoms with van der Waals surface area (Å²) in [5, 5.41) is 0. The standard InChI is InChI=1S/Ca.ClH.Mg.Na.H2O4S/c;;;;1-5(2,3)4/h;1H;;;(H2,1,2,3,4)/q+2;;+2;+1;/p-3. The fourth-order valence-electron chi connectivity index (χ4n) is 0. The Bertz CT molecular complexity index is 104. The zero-order chi connectivity index (χ0) is 4.50. The molecule has 0 rings (SSSR count). The van der Waals surface area contributed by atoms with Crippen LogP contribution in [0.1, 0.15) is 0 Å². The third-order valence-corrected chi connectivity index (χ3v) is 0. The molecule has 0 saturated carbocycles. The SMILES string of the molecule is O=S(=O)([O-])[O-].[Ca+2].[Cl-].[Mg+2].[Na+]. The monoisotopic (exact) mass is 218 g/mol. The van der Waals surface area contributed by atoms with E-state index in [4.69, 9.17) is 17.5 Å². The van der Waals surface area contributed by atoms with Gasteiger partial charge in [-0.05, 0) is 0 Å². The van der Waals surface area contributed by atoms with Gasteiger partial charge in [-0.2, -0.15) is 0 Å². The molecular weight excluding hydrogens is 219 g/mol.